The van der Waals surface area contributed by atoms with Crippen LogP contribution in [-0.4, -0.2) is 44.2 Å². The summed E-state index contributed by atoms with van der Waals surface area (Å²) < 4.78 is 47.8. The van der Waals surface area contributed by atoms with Crippen LogP contribution in [0.5, 0.6) is 5.75 Å². The zero-order valence-electron chi connectivity index (χ0n) is 22.0. The van der Waals surface area contributed by atoms with Crippen LogP contribution in [0.3, 0.4) is 0 Å². The van der Waals surface area contributed by atoms with Gasteiger partial charge in [0.05, 0.1) is 23.5 Å². The number of sulfonamides is 1. The summed E-state index contributed by atoms with van der Waals surface area (Å²) in [7, 11) is -3.76. The molecule has 0 radical (unpaired) electrons. The number of rotatable bonds is 10. The van der Waals surface area contributed by atoms with Crippen LogP contribution in [0.1, 0.15) is 73.0 Å². The standard InChI is InChI=1S/C31H33FN2O4S.H2/c1-31(18-34(19-31)29(22-8-4-2-5-9-22)23-10-6-3-7-11-23)20-38-28-17-27(32)26(16-25(28)21-12-13-21)30(35)33-39(36,37)24-14-15-24;/h2-11,16-17,21,24,29H,12-15,18-20H2,1H3,(H,33,35);1H. The summed E-state index contributed by atoms with van der Waals surface area (Å²) in [5.41, 5.74) is 2.89. The molecule has 8 heteroatoms. The van der Waals surface area contributed by atoms with Crippen LogP contribution in [-0.2, 0) is 10.0 Å². The smallest absolute Gasteiger partial charge is 0.267 e. The van der Waals surface area contributed by atoms with Crippen LogP contribution in [0.15, 0.2) is 72.8 Å². The Balaban J connectivity index is 0.00000323. The van der Waals surface area contributed by atoms with E-state index >= 15 is 4.39 Å². The van der Waals surface area contributed by atoms with Crippen molar-refractivity contribution in [1.29, 1.82) is 0 Å². The monoisotopic (exact) mass is 550 g/mol. The molecule has 0 unspecified atom stereocenters. The number of likely N-dealkylation sites (tertiary alicyclic amines) is 1. The number of hydrogen-bond acceptors (Lipinski definition) is 5. The maximum absolute atomic E-state index is 15.1. The molecule has 39 heavy (non-hydrogen) atoms. The number of hydrogen-bond donors (Lipinski definition) is 1. The molecule has 3 aliphatic rings. The Hall–Kier alpha value is -3.23. The number of benzene rings is 3. The van der Waals surface area contributed by atoms with E-state index < -0.39 is 27.0 Å². The van der Waals surface area contributed by atoms with Gasteiger partial charge in [-0.2, -0.15) is 0 Å². The Morgan fingerprint density at radius 2 is 1.62 bits per heavy atom. The predicted octanol–water partition coefficient (Wildman–Crippen LogP) is 5.66. The Kier molecular flexibility index (Phi) is 6.71. The summed E-state index contributed by atoms with van der Waals surface area (Å²) in [4.78, 5) is 15.1. The highest BCUT2D eigenvalue weighted by Gasteiger charge is 2.44. The third-order valence-corrected chi connectivity index (χ3v) is 9.72. The molecule has 3 aromatic carbocycles. The van der Waals surface area contributed by atoms with Crippen molar-refractivity contribution in [2.45, 2.75) is 49.8 Å². The SMILES string of the molecule is CC1(COc2cc(F)c(C(=O)NS(=O)(=O)C3CC3)cc2C2CC2)CN(C(c2ccccc2)c2ccccc2)C1.[HH]. The molecule has 3 fully saturated rings. The van der Waals surface area contributed by atoms with Crippen LogP contribution in [0.25, 0.3) is 0 Å². The van der Waals surface area contributed by atoms with E-state index in [0.717, 1.165) is 31.5 Å². The Labute approximate surface area is 230 Å². The maximum Gasteiger partial charge on any atom is 0.267 e. The summed E-state index contributed by atoms with van der Waals surface area (Å²) in [5.74, 6) is -1.05. The van der Waals surface area contributed by atoms with Crippen molar-refractivity contribution < 1.29 is 23.8 Å². The zero-order valence-corrected chi connectivity index (χ0v) is 22.8. The predicted molar refractivity (Wildman–Crippen MR) is 150 cm³/mol. The van der Waals surface area contributed by atoms with Gasteiger partial charge in [-0.3, -0.25) is 9.69 Å². The summed E-state index contributed by atoms with van der Waals surface area (Å²) in [6, 6.07) is 23.8. The Morgan fingerprint density at radius 1 is 1.03 bits per heavy atom. The summed E-state index contributed by atoms with van der Waals surface area (Å²) in [6.07, 6.45) is 2.92. The molecule has 3 aromatic rings. The molecule has 1 amide bonds. The lowest BCUT2D eigenvalue weighted by atomic mass is 9.79. The van der Waals surface area contributed by atoms with Gasteiger partial charge in [0, 0.05) is 26.0 Å². The van der Waals surface area contributed by atoms with Crippen molar-refractivity contribution >= 4 is 15.9 Å². The minimum absolute atomic E-state index is 0. The lowest BCUT2D eigenvalue weighted by Gasteiger charge is -2.51. The van der Waals surface area contributed by atoms with E-state index in [2.05, 4.69) is 60.4 Å². The van der Waals surface area contributed by atoms with Crippen molar-refractivity contribution in [3.8, 4) is 5.75 Å². The molecule has 1 N–H and O–H groups in total. The van der Waals surface area contributed by atoms with Gasteiger partial charge in [0.2, 0.25) is 10.0 Å². The second-order valence-corrected chi connectivity index (χ2v) is 13.5. The maximum atomic E-state index is 15.1. The van der Waals surface area contributed by atoms with Crippen LogP contribution in [0, 0.1) is 11.2 Å². The molecule has 1 heterocycles. The van der Waals surface area contributed by atoms with Gasteiger partial charge >= 0.3 is 0 Å². The fourth-order valence-electron chi connectivity index (χ4n) is 5.57. The van der Waals surface area contributed by atoms with E-state index in [4.69, 9.17) is 4.74 Å². The van der Waals surface area contributed by atoms with Gasteiger partial charge in [0.25, 0.3) is 5.91 Å². The van der Waals surface area contributed by atoms with Crippen molar-refractivity contribution in [3.63, 3.8) is 0 Å². The molecule has 6 rings (SSSR count). The number of halogens is 1. The molecule has 2 saturated carbocycles. The third-order valence-electron chi connectivity index (χ3n) is 7.90. The van der Waals surface area contributed by atoms with Gasteiger partial charge in [0.15, 0.2) is 0 Å². The topological polar surface area (TPSA) is 75.7 Å². The molecular weight excluding hydrogens is 515 g/mol. The third kappa shape index (κ3) is 5.58. The molecular formula is C31H35FN2O4S. The van der Waals surface area contributed by atoms with Crippen LogP contribution in [0.2, 0.25) is 0 Å². The second-order valence-electron chi connectivity index (χ2n) is 11.5. The second kappa shape index (κ2) is 10.1. The van der Waals surface area contributed by atoms with Gasteiger partial charge in [0.1, 0.15) is 11.6 Å². The summed E-state index contributed by atoms with van der Waals surface area (Å²) in [6.45, 7) is 4.24. The first-order valence-electron chi connectivity index (χ1n) is 13.6. The van der Waals surface area contributed by atoms with Gasteiger partial charge < -0.3 is 4.74 Å². The first kappa shape index (κ1) is 26.0. The van der Waals surface area contributed by atoms with Crippen molar-refractivity contribution in [2.24, 2.45) is 5.41 Å². The average Bonchev–Trinajstić information content (AvgIpc) is 3.81. The minimum Gasteiger partial charge on any atom is -0.493 e. The van der Waals surface area contributed by atoms with Crippen LogP contribution < -0.4 is 9.46 Å². The fourth-order valence-corrected chi connectivity index (χ4v) is 6.87. The average molecular weight is 551 g/mol. The number of nitrogens with zero attached hydrogens (tertiary/aromatic N) is 1. The lowest BCUT2D eigenvalue weighted by molar-refractivity contribution is -0.0379. The molecule has 0 bridgehead atoms. The number of ether oxygens (including phenoxy) is 1. The molecule has 1 saturated heterocycles. The molecule has 0 spiro atoms. The summed E-state index contributed by atoms with van der Waals surface area (Å²) in [5, 5.41) is -0.554. The highest BCUT2D eigenvalue weighted by molar-refractivity contribution is 7.91. The Morgan fingerprint density at radius 3 is 2.15 bits per heavy atom. The van der Waals surface area contributed by atoms with E-state index in [0.29, 0.717) is 25.2 Å². The molecule has 0 atom stereocenters. The highest BCUT2D eigenvalue weighted by atomic mass is 32.2. The Bertz CT molecular complexity index is 1430. The highest BCUT2D eigenvalue weighted by Crippen LogP contribution is 2.46. The summed E-state index contributed by atoms with van der Waals surface area (Å²) >= 11 is 0. The normalized spacial score (nSPS) is 18.9. The van der Waals surface area contributed by atoms with E-state index in [1.807, 2.05) is 16.9 Å². The largest absolute Gasteiger partial charge is 0.493 e. The molecule has 1 aliphatic heterocycles. The zero-order chi connectivity index (χ0) is 27.2. The number of carbonyl (C=O) groups excluding carboxylic acids is 1. The van der Waals surface area contributed by atoms with Crippen molar-refractivity contribution in [1.82, 2.24) is 9.62 Å². The van der Waals surface area contributed by atoms with Crippen molar-refractivity contribution in [3.05, 3.63) is 101 Å². The van der Waals surface area contributed by atoms with Crippen LogP contribution >= 0.6 is 0 Å². The van der Waals surface area contributed by atoms with Gasteiger partial charge in [-0.15, -0.1) is 0 Å². The van der Waals surface area contributed by atoms with E-state index in [1.54, 1.807) is 0 Å². The molecule has 0 aromatic heterocycles. The lowest BCUT2D eigenvalue weighted by Crippen LogP contribution is -2.58. The first-order chi connectivity index (χ1) is 18.7. The van der Waals surface area contributed by atoms with Gasteiger partial charge in [-0.25, -0.2) is 17.5 Å². The number of nitrogens with one attached hydrogen (secondary N) is 1. The van der Waals surface area contributed by atoms with Crippen LogP contribution in [0.4, 0.5) is 4.39 Å². The molecule has 2 aliphatic carbocycles. The van der Waals surface area contributed by atoms with E-state index in [1.165, 1.54) is 23.3 Å². The minimum atomic E-state index is -3.76. The fraction of sp³-hybridized carbons (Fsp3) is 0.387. The molecule has 6 nitrogen and oxygen atoms in total. The molecule has 206 valence electrons. The van der Waals surface area contributed by atoms with E-state index in [9.17, 15) is 13.2 Å². The van der Waals surface area contributed by atoms with Gasteiger partial charge in [-0.1, -0.05) is 67.6 Å². The number of carbonyl (C=O) groups is 1. The van der Waals surface area contributed by atoms with Gasteiger partial charge in [-0.05, 0) is 54.4 Å². The van der Waals surface area contributed by atoms with E-state index in [-0.39, 0.29) is 24.4 Å². The van der Waals surface area contributed by atoms with Crippen molar-refractivity contribution in [2.75, 3.05) is 19.7 Å². The quantitative estimate of drug-likeness (QED) is 0.353. The first-order valence-corrected chi connectivity index (χ1v) is 15.1. The number of amides is 1.